The Hall–Kier alpha value is -1.59. The maximum absolute atomic E-state index is 12.7. The second kappa shape index (κ2) is 48.1. The molecule has 0 fully saturated rings. The number of rotatable bonds is 48. The molecule has 0 aromatic rings. The second-order valence-electron chi connectivity index (χ2n) is 17.8. The highest BCUT2D eigenvalue weighted by Crippen LogP contribution is 2.17. The first-order chi connectivity index (χ1) is 28.5. The van der Waals surface area contributed by atoms with Crippen molar-refractivity contribution in [3.63, 3.8) is 0 Å². The summed E-state index contributed by atoms with van der Waals surface area (Å²) in [5.41, 5.74) is 0. The summed E-state index contributed by atoms with van der Waals surface area (Å²) in [4.78, 5) is 37.8. The normalized spacial score (nSPS) is 11.8. The molecule has 6 nitrogen and oxygen atoms in total. The van der Waals surface area contributed by atoms with Gasteiger partial charge in [0, 0.05) is 19.3 Å². The predicted molar refractivity (Wildman–Crippen MR) is 247 cm³/mol. The summed E-state index contributed by atoms with van der Waals surface area (Å²) >= 11 is 0. The van der Waals surface area contributed by atoms with Gasteiger partial charge in [-0.15, -0.1) is 0 Å². The van der Waals surface area contributed by atoms with Crippen molar-refractivity contribution in [2.75, 3.05) is 13.2 Å². The highest BCUT2D eigenvalue weighted by molar-refractivity contribution is 5.71. The topological polar surface area (TPSA) is 78.9 Å². The molecule has 58 heavy (non-hydrogen) atoms. The molecule has 0 aromatic heterocycles. The van der Waals surface area contributed by atoms with Crippen molar-refractivity contribution in [3.8, 4) is 0 Å². The maximum atomic E-state index is 12.7. The third kappa shape index (κ3) is 45.5. The van der Waals surface area contributed by atoms with Crippen LogP contribution in [0.25, 0.3) is 0 Å². The van der Waals surface area contributed by atoms with E-state index in [1.807, 2.05) is 0 Å². The molecule has 0 amide bonds. The number of esters is 3. The molecule has 0 rings (SSSR count). The largest absolute Gasteiger partial charge is 0.462 e. The molecule has 0 saturated carbocycles. The zero-order valence-electron chi connectivity index (χ0n) is 39.3. The number of unbranched alkanes of at least 4 members (excludes halogenated alkanes) is 37. The molecule has 1 atom stereocenters. The van der Waals surface area contributed by atoms with E-state index < -0.39 is 6.10 Å². The molecular formula is C52H100O6. The fourth-order valence-corrected chi connectivity index (χ4v) is 7.92. The van der Waals surface area contributed by atoms with Crippen LogP contribution in [0.1, 0.15) is 297 Å². The highest BCUT2D eigenvalue weighted by atomic mass is 16.6. The number of hydrogen-bond donors (Lipinski definition) is 0. The van der Waals surface area contributed by atoms with Crippen molar-refractivity contribution in [1.29, 1.82) is 0 Å². The van der Waals surface area contributed by atoms with Gasteiger partial charge < -0.3 is 14.2 Å². The van der Waals surface area contributed by atoms with Crippen LogP contribution in [-0.4, -0.2) is 37.2 Å². The molecule has 0 aliphatic rings. The van der Waals surface area contributed by atoms with E-state index in [4.69, 9.17) is 14.2 Å². The zero-order valence-corrected chi connectivity index (χ0v) is 39.3. The second-order valence-corrected chi connectivity index (χ2v) is 17.8. The highest BCUT2D eigenvalue weighted by Gasteiger charge is 2.19. The van der Waals surface area contributed by atoms with Crippen molar-refractivity contribution < 1.29 is 28.6 Å². The molecule has 0 bridgehead atoms. The summed E-state index contributed by atoms with van der Waals surface area (Å²) in [6.45, 7) is 6.64. The molecule has 6 heteroatoms. The molecule has 0 spiro atoms. The van der Waals surface area contributed by atoms with E-state index in [1.165, 1.54) is 199 Å². The predicted octanol–water partition coefficient (Wildman–Crippen LogP) is 16.8. The number of hydrogen-bond acceptors (Lipinski definition) is 6. The fourth-order valence-electron chi connectivity index (χ4n) is 7.92. The van der Waals surface area contributed by atoms with Crippen molar-refractivity contribution >= 4 is 17.9 Å². The molecule has 0 N–H and O–H groups in total. The van der Waals surface area contributed by atoms with Crippen molar-refractivity contribution in [2.24, 2.45) is 0 Å². The van der Waals surface area contributed by atoms with Gasteiger partial charge in [0.15, 0.2) is 6.10 Å². The van der Waals surface area contributed by atoms with Gasteiger partial charge in [-0.2, -0.15) is 0 Å². The Bertz CT molecular complexity index is 859. The molecule has 0 radical (unpaired) electrons. The van der Waals surface area contributed by atoms with Crippen molar-refractivity contribution in [3.05, 3.63) is 0 Å². The molecule has 1 unspecified atom stereocenters. The monoisotopic (exact) mass is 821 g/mol. The first kappa shape index (κ1) is 56.4. The van der Waals surface area contributed by atoms with Crippen LogP contribution in [-0.2, 0) is 28.6 Å². The first-order valence-electron chi connectivity index (χ1n) is 26.0. The summed E-state index contributed by atoms with van der Waals surface area (Å²) in [6, 6.07) is 0. The molecule has 0 aliphatic heterocycles. The molecule has 0 saturated heterocycles. The van der Waals surface area contributed by atoms with Crippen molar-refractivity contribution in [1.82, 2.24) is 0 Å². The fraction of sp³-hybridized carbons (Fsp3) is 0.942. The van der Waals surface area contributed by atoms with Crippen LogP contribution in [0.2, 0.25) is 0 Å². The smallest absolute Gasteiger partial charge is 0.306 e. The minimum Gasteiger partial charge on any atom is -0.462 e. The van der Waals surface area contributed by atoms with E-state index in [-0.39, 0.29) is 31.1 Å². The van der Waals surface area contributed by atoms with E-state index in [0.717, 1.165) is 57.8 Å². The summed E-state index contributed by atoms with van der Waals surface area (Å²) in [5, 5.41) is 0. The van der Waals surface area contributed by atoms with Crippen LogP contribution >= 0.6 is 0 Å². The van der Waals surface area contributed by atoms with Crippen LogP contribution in [0.15, 0.2) is 0 Å². The SMILES string of the molecule is CCCCCCCCCCCCCCCCCCCCCCCC(=O)OCC(COC(=O)CCCCCCCCCC)OC(=O)CCCCCCCCCCCCC. The van der Waals surface area contributed by atoms with E-state index in [0.29, 0.717) is 19.3 Å². The molecule has 344 valence electrons. The average Bonchev–Trinajstić information content (AvgIpc) is 3.22. The summed E-state index contributed by atoms with van der Waals surface area (Å²) in [5.74, 6) is -0.849. The van der Waals surface area contributed by atoms with Gasteiger partial charge in [-0.3, -0.25) is 14.4 Å². The van der Waals surface area contributed by atoms with Gasteiger partial charge in [0.05, 0.1) is 0 Å². The van der Waals surface area contributed by atoms with E-state index >= 15 is 0 Å². The van der Waals surface area contributed by atoms with Crippen LogP contribution in [0.5, 0.6) is 0 Å². The average molecular weight is 821 g/mol. The first-order valence-corrected chi connectivity index (χ1v) is 26.0. The third-order valence-corrected chi connectivity index (χ3v) is 11.9. The summed E-state index contributed by atoms with van der Waals surface area (Å²) < 4.78 is 16.7. The Kier molecular flexibility index (Phi) is 46.8. The molecular weight excluding hydrogens is 721 g/mol. The molecule has 0 aromatic carbocycles. The van der Waals surface area contributed by atoms with Crippen LogP contribution in [0, 0.1) is 0 Å². The Morgan fingerprint density at radius 2 is 0.466 bits per heavy atom. The Labute approximate surface area is 361 Å². The molecule has 0 heterocycles. The van der Waals surface area contributed by atoms with E-state index in [1.54, 1.807) is 0 Å². The van der Waals surface area contributed by atoms with Gasteiger partial charge in [0.1, 0.15) is 13.2 Å². The quantitative estimate of drug-likeness (QED) is 0.0346. The zero-order chi connectivity index (χ0) is 42.3. The van der Waals surface area contributed by atoms with E-state index in [9.17, 15) is 14.4 Å². The summed E-state index contributed by atoms with van der Waals surface area (Å²) in [6.07, 6.45) is 51.0. The van der Waals surface area contributed by atoms with Gasteiger partial charge in [-0.05, 0) is 19.3 Å². The van der Waals surface area contributed by atoms with Gasteiger partial charge in [0.25, 0.3) is 0 Å². The van der Waals surface area contributed by atoms with Crippen LogP contribution in [0.4, 0.5) is 0 Å². The minimum atomic E-state index is -0.758. The van der Waals surface area contributed by atoms with Crippen LogP contribution < -0.4 is 0 Å². The van der Waals surface area contributed by atoms with Crippen molar-refractivity contribution in [2.45, 2.75) is 303 Å². The lowest BCUT2D eigenvalue weighted by molar-refractivity contribution is -0.167. The minimum absolute atomic E-state index is 0.0624. The maximum Gasteiger partial charge on any atom is 0.306 e. The van der Waals surface area contributed by atoms with Gasteiger partial charge in [-0.1, -0.05) is 258 Å². The number of carbonyl (C=O) groups excluding carboxylic acids is 3. The summed E-state index contributed by atoms with van der Waals surface area (Å²) in [7, 11) is 0. The lowest BCUT2D eigenvalue weighted by Crippen LogP contribution is -2.30. The Morgan fingerprint density at radius 3 is 0.690 bits per heavy atom. The Morgan fingerprint density at radius 1 is 0.276 bits per heavy atom. The third-order valence-electron chi connectivity index (χ3n) is 11.9. The Balaban J connectivity index is 4.12. The van der Waals surface area contributed by atoms with Gasteiger partial charge >= 0.3 is 17.9 Å². The van der Waals surface area contributed by atoms with Crippen LogP contribution in [0.3, 0.4) is 0 Å². The molecule has 0 aliphatic carbocycles. The number of carbonyl (C=O) groups is 3. The standard InChI is InChI=1S/C52H100O6/c1-4-7-10-13-16-19-21-22-23-24-25-26-27-28-29-30-32-33-36-39-42-45-51(54)57-48-49(47-56-50(53)44-41-38-35-18-15-12-9-6-3)58-52(55)46-43-40-37-34-31-20-17-14-11-8-5-2/h49H,4-48H2,1-3H3. The van der Waals surface area contributed by atoms with Gasteiger partial charge in [0.2, 0.25) is 0 Å². The van der Waals surface area contributed by atoms with Gasteiger partial charge in [-0.25, -0.2) is 0 Å². The lowest BCUT2D eigenvalue weighted by atomic mass is 10.0. The number of ether oxygens (including phenoxy) is 3. The lowest BCUT2D eigenvalue weighted by Gasteiger charge is -2.18. The van der Waals surface area contributed by atoms with E-state index in [2.05, 4.69) is 20.8 Å².